The maximum Gasteiger partial charge on any atom is 0.204 e. The Morgan fingerprint density at radius 2 is 1.32 bits per heavy atom. The van der Waals surface area contributed by atoms with Gasteiger partial charge < -0.3 is 57.2 Å². The molecule has 0 spiro atoms. The molecule has 296 valence electrons. The predicted molar refractivity (Wildman–Crippen MR) is 204 cm³/mol. The third-order valence-corrected chi connectivity index (χ3v) is 11.9. The van der Waals surface area contributed by atoms with Crippen LogP contribution in [0.5, 0.6) is 46.0 Å². The number of hydrogen-bond acceptors (Lipinski definition) is 10. The Hall–Kier alpha value is -5.17. The van der Waals surface area contributed by atoms with Crippen LogP contribution in [0.2, 0.25) is 0 Å². The fourth-order valence-corrected chi connectivity index (χ4v) is 8.88. The fraction of sp³-hybridized carbons (Fsp3) is 0.395. The Morgan fingerprint density at radius 1 is 0.732 bits per heavy atom. The number of aliphatic carboxylic acids is 2. The summed E-state index contributed by atoms with van der Waals surface area (Å²) in [6, 6.07) is 18.6. The van der Waals surface area contributed by atoms with Crippen molar-refractivity contribution in [2.75, 3.05) is 74.1 Å². The second-order valence-electron chi connectivity index (χ2n) is 15.3. The van der Waals surface area contributed by atoms with Crippen molar-refractivity contribution in [3.8, 4) is 46.0 Å². The average molecular weight is 787 g/mol. The number of nitrogens with zero attached hydrogens (tertiary/aromatic N) is 2. The van der Waals surface area contributed by atoms with E-state index in [1.165, 1.54) is 0 Å². The molecule has 6 bridgehead atoms. The van der Waals surface area contributed by atoms with Gasteiger partial charge in [-0.05, 0) is 64.7 Å². The van der Waals surface area contributed by atoms with Crippen molar-refractivity contribution in [2.45, 2.75) is 37.8 Å². The van der Waals surface area contributed by atoms with Gasteiger partial charge in [-0.25, -0.2) is 0 Å². The van der Waals surface area contributed by atoms with Crippen LogP contribution >= 0.6 is 11.6 Å². The second kappa shape index (κ2) is 15.8. The maximum atomic E-state index is 12.5. The highest BCUT2D eigenvalue weighted by Gasteiger charge is 2.45. The molecular weight excluding hydrogens is 740 g/mol. The zero-order valence-electron chi connectivity index (χ0n) is 32.4. The van der Waals surface area contributed by atoms with E-state index in [9.17, 15) is 19.8 Å². The fourth-order valence-electron chi connectivity index (χ4n) is 8.80. The summed E-state index contributed by atoms with van der Waals surface area (Å²) in [4.78, 5) is 24.7. The first-order chi connectivity index (χ1) is 26.9. The van der Waals surface area contributed by atoms with Gasteiger partial charge in [0.25, 0.3) is 0 Å². The Labute approximate surface area is 331 Å². The molecule has 13 heteroatoms. The zero-order valence-corrected chi connectivity index (χ0v) is 33.1. The number of rotatable bonds is 10. The van der Waals surface area contributed by atoms with Gasteiger partial charge in [0.1, 0.15) is 37.5 Å². The molecule has 4 unspecified atom stereocenters. The smallest absolute Gasteiger partial charge is 0.204 e. The molecule has 0 aromatic heterocycles. The van der Waals surface area contributed by atoms with Crippen LogP contribution in [0.1, 0.15) is 45.5 Å². The molecule has 0 N–H and O–H groups in total. The Kier molecular flexibility index (Phi) is 11.0. The van der Waals surface area contributed by atoms with Crippen molar-refractivity contribution in [1.82, 2.24) is 0 Å². The Morgan fingerprint density at radius 3 is 1.96 bits per heavy atom. The molecule has 4 aliphatic rings. The Balaban J connectivity index is 1.53. The molecule has 0 saturated heterocycles. The molecule has 0 saturated carbocycles. The summed E-state index contributed by atoms with van der Waals surface area (Å²) in [5.74, 6) is 1.50. The molecule has 0 aliphatic carbocycles. The average Bonchev–Trinajstić information content (AvgIpc) is 3.16. The van der Waals surface area contributed by atoms with Gasteiger partial charge in [0.05, 0.1) is 71.9 Å². The summed E-state index contributed by atoms with van der Waals surface area (Å²) in [6.45, 7) is 0.782. The summed E-state index contributed by atoms with van der Waals surface area (Å²) in [7, 11) is 8.60. The number of benzene rings is 4. The third-order valence-electron chi connectivity index (χ3n) is 11.7. The first kappa shape index (κ1) is 39.1. The molecule has 4 atom stereocenters. The van der Waals surface area contributed by atoms with Crippen LogP contribution < -0.4 is 38.6 Å². The zero-order chi connectivity index (χ0) is 39.8. The minimum atomic E-state index is -1.17. The number of alkyl halides is 1. The van der Waals surface area contributed by atoms with Crippen LogP contribution in [0.25, 0.3) is 0 Å². The summed E-state index contributed by atoms with van der Waals surface area (Å²) in [6.07, 6.45) is 2.03. The van der Waals surface area contributed by atoms with Crippen LogP contribution in [0.4, 0.5) is 0 Å². The number of fused-ring (bicyclic) bond motifs is 2. The van der Waals surface area contributed by atoms with Crippen LogP contribution in [0.15, 0.2) is 60.7 Å². The van der Waals surface area contributed by atoms with Gasteiger partial charge in [0, 0.05) is 31.2 Å². The monoisotopic (exact) mass is 786 g/mol. The van der Waals surface area contributed by atoms with E-state index in [1.807, 2.05) is 74.8 Å². The summed E-state index contributed by atoms with van der Waals surface area (Å²) < 4.78 is 37.8. The number of carbonyl (C=O) groups is 2. The molecule has 4 heterocycles. The van der Waals surface area contributed by atoms with Gasteiger partial charge in [-0.2, -0.15) is 0 Å². The van der Waals surface area contributed by atoms with Gasteiger partial charge in [0.2, 0.25) is 5.75 Å². The normalized spacial score (nSPS) is 22.3. The lowest BCUT2D eigenvalue weighted by molar-refractivity contribution is -0.936. The van der Waals surface area contributed by atoms with E-state index in [0.29, 0.717) is 84.8 Å². The minimum Gasteiger partial charge on any atom is -0.544 e. The number of halogens is 1. The molecule has 4 aliphatic heterocycles. The van der Waals surface area contributed by atoms with Crippen molar-refractivity contribution < 1.29 is 57.2 Å². The highest BCUT2D eigenvalue weighted by molar-refractivity contribution is 6.18. The number of likely N-dealkylation sites (N-methyl/N-ethyl adjacent to an activating group) is 2. The molecule has 12 nitrogen and oxygen atoms in total. The number of quaternary nitrogens is 2. The van der Waals surface area contributed by atoms with Crippen molar-refractivity contribution in [3.63, 3.8) is 0 Å². The quantitative estimate of drug-likeness (QED) is 0.169. The van der Waals surface area contributed by atoms with Gasteiger partial charge in [0.15, 0.2) is 34.5 Å². The molecular formula is C43H47ClN2O10. The van der Waals surface area contributed by atoms with Crippen LogP contribution in [0, 0.1) is 0 Å². The van der Waals surface area contributed by atoms with Gasteiger partial charge in [-0.15, -0.1) is 11.6 Å². The lowest BCUT2D eigenvalue weighted by Gasteiger charge is -2.47. The van der Waals surface area contributed by atoms with E-state index in [2.05, 4.69) is 0 Å². The number of hydrogen-bond donors (Lipinski definition) is 0. The van der Waals surface area contributed by atoms with Crippen LogP contribution in [0.3, 0.4) is 0 Å². The topological polar surface area (TPSA) is 136 Å². The van der Waals surface area contributed by atoms with Crippen molar-refractivity contribution in [1.29, 1.82) is 0 Å². The highest BCUT2D eigenvalue weighted by Crippen LogP contribution is 2.54. The van der Waals surface area contributed by atoms with E-state index in [4.69, 9.17) is 40.0 Å². The number of methoxy groups -OCH3 is 3. The lowest BCUT2D eigenvalue weighted by Crippen LogP contribution is -2.56. The maximum absolute atomic E-state index is 12.5. The largest absolute Gasteiger partial charge is 0.544 e. The predicted octanol–water partition coefficient (Wildman–Crippen LogP) is 4.30. The van der Waals surface area contributed by atoms with E-state index in [-0.39, 0.29) is 40.6 Å². The number of carboxylic acids is 2. The van der Waals surface area contributed by atoms with E-state index in [0.717, 1.165) is 33.4 Å². The second-order valence-corrected chi connectivity index (χ2v) is 15.7. The standard InChI is InChI=1S/C43H47ClN2O10/c1-45(24-39(47)48)15-12-28-21-35(52-4)37-23-31(28)32(45)18-26-6-9-30(10-7-26)55-36-20-27(8-11-34(36)51-3)19-33-41-29(13-16-46(33,2)25-40(49)50)22-38(53-5)42(43(41)56-37)54-17-14-44/h6-11,20-23,32-33H,12-19,24-25H2,1-5H3. The summed E-state index contributed by atoms with van der Waals surface area (Å²) >= 11 is 6.19. The third kappa shape index (κ3) is 7.53. The molecule has 56 heavy (non-hydrogen) atoms. The molecule has 8 rings (SSSR count). The molecule has 4 aromatic rings. The number of carbonyl (C=O) groups excluding carboxylic acids is 2. The molecule has 0 radical (unpaired) electrons. The summed E-state index contributed by atoms with van der Waals surface area (Å²) in [5.41, 5.74) is 5.49. The van der Waals surface area contributed by atoms with Gasteiger partial charge in [-0.3, -0.25) is 0 Å². The van der Waals surface area contributed by atoms with Gasteiger partial charge in [-0.1, -0.05) is 18.2 Å². The lowest BCUT2D eigenvalue weighted by atomic mass is 9.85. The SMILES string of the molecule is COc1ccc2cc1Oc1ccc(cc1)CC1c3cc(c(OC)cc3CC[N+]1(C)CC(=O)[O-])Oc1c(OCCCl)c(OC)cc3c1C(C2)[N+](C)(CC(=O)[O-])CC3. The number of ether oxygens (including phenoxy) is 6. The van der Waals surface area contributed by atoms with E-state index < -0.39 is 18.0 Å². The first-order valence-corrected chi connectivity index (χ1v) is 19.2. The summed E-state index contributed by atoms with van der Waals surface area (Å²) in [5, 5.41) is 24.7. The van der Waals surface area contributed by atoms with Crippen LogP contribution in [-0.4, -0.2) is 95.0 Å². The van der Waals surface area contributed by atoms with E-state index >= 15 is 0 Å². The van der Waals surface area contributed by atoms with E-state index in [1.54, 1.807) is 21.3 Å². The van der Waals surface area contributed by atoms with Crippen molar-refractivity contribution >= 4 is 23.5 Å². The van der Waals surface area contributed by atoms with Crippen LogP contribution in [-0.2, 0) is 35.3 Å². The van der Waals surface area contributed by atoms with Crippen molar-refractivity contribution in [3.05, 3.63) is 94.0 Å². The molecule has 4 aromatic carbocycles. The van der Waals surface area contributed by atoms with Crippen molar-refractivity contribution in [2.24, 2.45) is 0 Å². The molecule has 0 fully saturated rings. The molecule has 0 amide bonds. The number of carboxylic acid groups (broad SMARTS) is 2. The highest BCUT2D eigenvalue weighted by atomic mass is 35.5. The van der Waals surface area contributed by atoms with Gasteiger partial charge >= 0.3 is 0 Å². The first-order valence-electron chi connectivity index (χ1n) is 18.7. The minimum absolute atomic E-state index is 0.110. The Bertz CT molecular complexity index is 2140.